The Morgan fingerprint density at radius 2 is 2.00 bits per heavy atom. The van der Waals surface area contributed by atoms with Crippen LogP contribution in [-0.4, -0.2) is 26.1 Å². The molecule has 1 aliphatic carbocycles. The van der Waals surface area contributed by atoms with Crippen LogP contribution in [0.4, 0.5) is 0 Å². The van der Waals surface area contributed by atoms with Crippen molar-refractivity contribution in [1.82, 2.24) is 10.6 Å². The summed E-state index contributed by atoms with van der Waals surface area (Å²) in [6.07, 6.45) is 7.69. The summed E-state index contributed by atoms with van der Waals surface area (Å²) in [5.41, 5.74) is 1.69. The van der Waals surface area contributed by atoms with E-state index in [1.807, 2.05) is 0 Å². The lowest BCUT2D eigenvalue weighted by Gasteiger charge is -2.18. The van der Waals surface area contributed by atoms with E-state index < -0.39 is 0 Å². The van der Waals surface area contributed by atoms with Gasteiger partial charge in [-0.25, -0.2) is 0 Å². The van der Waals surface area contributed by atoms with Gasteiger partial charge in [-0.05, 0) is 18.4 Å². The van der Waals surface area contributed by atoms with Gasteiger partial charge in [0.1, 0.15) is 0 Å². The molecule has 1 saturated carbocycles. The minimum absolute atomic E-state index is 0. The average Bonchev–Trinajstić information content (AvgIpc) is 3.21. The molecular formula is C15H20IN3. The predicted molar refractivity (Wildman–Crippen MR) is 91.0 cm³/mol. The molecule has 2 rings (SSSR count). The Labute approximate surface area is 132 Å². The summed E-state index contributed by atoms with van der Waals surface area (Å²) < 4.78 is 0. The lowest BCUT2D eigenvalue weighted by atomic mass is 9.96. The second-order valence-corrected chi connectivity index (χ2v) is 4.63. The van der Waals surface area contributed by atoms with Crippen molar-refractivity contribution in [2.24, 2.45) is 4.99 Å². The number of hydrogen-bond donors (Lipinski definition) is 2. The number of rotatable bonds is 4. The number of nitrogens with zero attached hydrogens (tertiary/aromatic N) is 1. The van der Waals surface area contributed by atoms with Crippen LogP contribution in [-0.2, 0) is 5.41 Å². The highest BCUT2D eigenvalue weighted by atomic mass is 127. The highest BCUT2D eigenvalue weighted by Crippen LogP contribution is 2.47. The van der Waals surface area contributed by atoms with Gasteiger partial charge in [0.15, 0.2) is 5.96 Å². The molecule has 1 fully saturated rings. The molecule has 2 N–H and O–H groups in total. The number of nitrogens with one attached hydrogen (secondary N) is 2. The molecule has 1 aromatic rings. The van der Waals surface area contributed by atoms with Gasteiger partial charge in [-0.2, -0.15) is 0 Å². The fraction of sp³-hybridized carbons (Fsp3) is 0.400. The van der Waals surface area contributed by atoms with Crippen molar-refractivity contribution < 1.29 is 0 Å². The number of halogens is 1. The molecule has 0 bridgehead atoms. The summed E-state index contributed by atoms with van der Waals surface area (Å²) in [4.78, 5) is 4.15. The van der Waals surface area contributed by atoms with E-state index in [1.165, 1.54) is 18.4 Å². The van der Waals surface area contributed by atoms with Crippen LogP contribution in [0, 0.1) is 12.3 Å². The van der Waals surface area contributed by atoms with Gasteiger partial charge >= 0.3 is 0 Å². The van der Waals surface area contributed by atoms with E-state index in [2.05, 4.69) is 51.9 Å². The second kappa shape index (κ2) is 7.39. The molecule has 0 heterocycles. The summed E-state index contributed by atoms with van der Waals surface area (Å²) in [6.45, 7) is 1.40. The summed E-state index contributed by atoms with van der Waals surface area (Å²) >= 11 is 0. The van der Waals surface area contributed by atoms with Crippen LogP contribution in [0.15, 0.2) is 35.3 Å². The van der Waals surface area contributed by atoms with E-state index >= 15 is 0 Å². The Hall–Kier alpha value is -1.22. The molecular weight excluding hydrogens is 349 g/mol. The number of aliphatic imine (C=N–C) groups is 1. The first-order chi connectivity index (χ1) is 8.80. The van der Waals surface area contributed by atoms with Crippen molar-refractivity contribution in [3.63, 3.8) is 0 Å². The maximum atomic E-state index is 5.22. The fourth-order valence-corrected chi connectivity index (χ4v) is 2.12. The lowest BCUT2D eigenvalue weighted by molar-refractivity contribution is 0.649. The van der Waals surface area contributed by atoms with Crippen LogP contribution >= 0.6 is 24.0 Å². The van der Waals surface area contributed by atoms with Crippen molar-refractivity contribution in [3.05, 3.63) is 35.9 Å². The van der Waals surface area contributed by atoms with E-state index in [9.17, 15) is 0 Å². The third kappa shape index (κ3) is 4.13. The number of terminal acetylenes is 1. The van der Waals surface area contributed by atoms with Gasteiger partial charge < -0.3 is 10.6 Å². The highest BCUT2D eigenvalue weighted by Gasteiger charge is 2.43. The van der Waals surface area contributed by atoms with E-state index in [0.29, 0.717) is 6.54 Å². The third-order valence-corrected chi connectivity index (χ3v) is 3.42. The number of hydrogen-bond acceptors (Lipinski definition) is 1. The topological polar surface area (TPSA) is 36.4 Å². The van der Waals surface area contributed by atoms with Crippen molar-refractivity contribution in [1.29, 1.82) is 0 Å². The van der Waals surface area contributed by atoms with Gasteiger partial charge in [-0.3, -0.25) is 4.99 Å². The van der Waals surface area contributed by atoms with Gasteiger partial charge in [-0.1, -0.05) is 36.3 Å². The Balaban J connectivity index is 0.00000180. The largest absolute Gasteiger partial charge is 0.355 e. The highest BCUT2D eigenvalue weighted by molar-refractivity contribution is 14.0. The van der Waals surface area contributed by atoms with E-state index in [4.69, 9.17) is 6.42 Å². The summed E-state index contributed by atoms with van der Waals surface area (Å²) in [5, 5.41) is 6.42. The van der Waals surface area contributed by atoms with E-state index in [1.54, 1.807) is 7.05 Å². The van der Waals surface area contributed by atoms with Crippen LogP contribution in [0.1, 0.15) is 18.4 Å². The van der Waals surface area contributed by atoms with E-state index in [0.717, 1.165) is 12.5 Å². The molecule has 0 radical (unpaired) electrons. The van der Waals surface area contributed by atoms with Crippen molar-refractivity contribution >= 4 is 29.9 Å². The normalized spacial score (nSPS) is 15.9. The quantitative estimate of drug-likeness (QED) is 0.369. The zero-order chi connectivity index (χ0) is 12.8. The van der Waals surface area contributed by atoms with Crippen LogP contribution in [0.25, 0.3) is 0 Å². The Bertz CT molecular complexity index is 458. The predicted octanol–water partition coefficient (Wildman–Crippen LogP) is 2.13. The first kappa shape index (κ1) is 15.8. The van der Waals surface area contributed by atoms with Crippen molar-refractivity contribution in [3.8, 4) is 12.3 Å². The molecule has 0 aliphatic heterocycles. The van der Waals surface area contributed by atoms with Gasteiger partial charge in [0, 0.05) is 19.0 Å². The van der Waals surface area contributed by atoms with Crippen LogP contribution in [0.2, 0.25) is 0 Å². The molecule has 3 nitrogen and oxygen atoms in total. The monoisotopic (exact) mass is 369 g/mol. The van der Waals surface area contributed by atoms with Crippen molar-refractivity contribution in [2.75, 3.05) is 20.1 Å². The van der Waals surface area contributed by atoms with Crippen molar-refractivity contribution in [2.45, 2.75) is 18.3 Å². The standard InChI is InChI=1S/C15H19N3.HI/c1-3-11-17-14(16-2)18-12-15(9-10-15)13-7-5-4-6-8-13;/h1,4-8H,9-12H2,2H3,(H2,16,17,18);1H. The molecule has 0 unspecified atom stereocenters. The molecule has 0 saturated heterocycles. The lowest BCUT2D eigenvalue weighted by Crippen LogP contribution is -2.41. The third-order valence-electron chi connectivity index (χ3n) is 3.42. The number of benzene rings is 1. The smallest absolute Gasteiger partial charge is 0.191 e. The Morgan fingerprint density at radius 3 is 2.53 bits per heavy atom. The maximum Gasteiger partial charge on any atom is 0.191 e. The first-order valence-corrected chi connectivity index (χ1v) is 6.24. The molecule has 0 spiro atoms. The zero-order valence-electron chi connectivity index (χ0n) is 11.1. The van der Waals surface area contributed by atoms with Crippen LogP contribution in [0.3, 0.4) is 0 Å². The summed E-state index contributed by atoms with van der Waals surface area (Å²) in [7, 11) is 1.76. The molecule has 1 aromatic carbocycles. The Kier molecular flexibility index (Phi) is 6.16. The minimum Gasteiger partial charge on any atom is -0.355 e. The van der Waals surface area contributed by atoms with Gasteiger partial charge in [-0.15, -0.1) is 30.4 Å². The van der Waals surface area contributed by atoms with Gasteiger partial charge in [0.25, 0.3) is 0 Å². The molecule has 0 atom stereocenters. The minimum atomic E-state index is 0. The molecule has 4 heteroatoms. The zero-order valence-corrected chi connectivity index (χ0v) is 13.5. The Morgan fingerprint density at radius 1 is 1.32 bits per heavy atom. The molecule has 19 heavy (non-hydrogen) atoms. The molecule has 0 aromatic heterocycles. The fourth-order valence-electron chi connectivity index (χ4n) is 2.12. The first-order valence-electron chi connectivity index (χ1n) is 6.24. The van der Waals surface area contributed by atoms with Gasteiger partial charge in [0.2, 0.25) is 0 Å². The summed E-state index contributed by atoms with van der Waals surface area (Å²) in [5.74, 6) is 3.32. The van der Waals surface area contributed by atoms with Gasteiger partial charge in [0.05, 0.1) is 6.54 Å². The molecule has 0 amide bonds. The average molecular weight is 369 g/mol. The van der Waals surface area contributed by atoms with Crippen LogP contribution in [0.5, 0.6) is 0 Å². The molecule has 1 aliphatic rings. The maximum absolute atomic E-state index is 5.22. The van der Waals surface area contributed by atoms with Crippen LogP contribution < -0.4 is 10.6 Å². The van der Waals surface area contributed by atoms with E-state index in [-0.39, 0.29) is 29.4 Å². The second-order valence-electron chi connectivity index (χ2n) is 4.63. The SMILES string of the molecule is C#CCNC(=NC)NCC1(c2ccccc2)CC1.I. The molecule has 102 valence electrons. The summed E-state index contributed by atoms with van der Waals surface area (Å²) in [6, 6.07) is 10.7. The number of guanidine groups is 1.